The van der Waals surface area contributed by atoms with Gasteiger partial charge in [0.1, 0.15) is 12.2 Å². The molecule has 0 aliphatic carbocycles. The second-order valence-electron chi connectivity index (χ2n) is 9.43. The third-order valence-electron chi connectivity index (χ3n) is 6.28. The van der Waals surface area contributed by atoms with E-state index in [1.165, 1.54) is 0 Å². The van der Waals surface area contributed by atoms with Crippen LogP contribution in [0, 0.1) is 0 Å². The molecule has 2 amide bonds. The van der Waals surface area contributed by atoms with E-state index in [9.17, 15) is 25.2 Å². The van der Waals surface area contributed by atoms with Gasteiger partial charge < -0.3 is 35.8 Å². The summed E-state index contributed by atoms with van der Waals surface area (Å²) in [5, 5.41) is 52.5. The van der Waals surface area contributed by atoms with Gasteiger partial charge in [-0.1, -0.05) is 32.0 Å². The maximum atomic E-state index is 12.3. The van der Waals surface area contributed by atoms with Gasteiger partial charge in [0.15, 0.2) is 5.44 Å². The molecule has 0 radical (unpaired) electrons. The van der Waals surface area contributed by atoms with Crippen LogP contribution in [0.5, 0.6) is 5.88 Å². The number of anilines is 1. The van der Waals surface area contributed by atoms with Crippen LogP contribution in [-0.4, -0.2) is 77.2 Å². The van der Waals surface area contributed by atoms with E-state index in [0.717, 1.165) is 34.1 Å². The molecule has 204 valence electrons. The van der Waals surface area contributed by atoms with Gasteiger partial charge in [-0.05, 0) is 35.2 Å². The normalized spacial score (nSPS) is 23.3. The van der Waals surface area contributed by atoms with Crippen LogP contribution in [0.3, 0.4) is 0 Å². The van der Waals surface area contributed by atoms with Crippen molar-refractivity contribution >= 4 is 23.5 Å². The predicted molar refractivity (Wildman–Crippen MR) is 143 cm³/mol. The van der Waals surface area contributed by atoms with Crippen LogP contribution < -0.4 is 15.4 Å². The van der Waals surface area contributed by atoms with Gasteiger partial charge in [0, 0.05) is 42.3 Å². The standard InChI is InChI=1S/C26H33N5O6S/c1-14(2)20-18(24(31-30-20)37-25-23(35)22(34)21(33)19(13-32)38-25)10-15-5-7-17(8-6-15)29-26(36)28-12-16-4-3-9-27-11-16/h3-9,11,14,19,21-23,25,32-35H,10,12-13H2,1-2H3,(H,30,31)(H2,28,29,36)/t19-,21-,22+,23-,25-/m1/s1. The number of nitrogens with one attached hydrogen (secondary N) is 3. The Balaban J connectivity index is 1.42. The number of aromatic nitrogens is 3. The van der Waals surface area contributed by atoms with Crippen molar-refractivity contribution in [2.24, 2.45) is 0 Å². The molecule has 7 N–H and O–H groups in total. The highest BCUT2D eigenvalue weighted by molar-refractivity contribution is 8.00. The minimum atomic E-state index is -1.45. The first-order chi connectivity index (χ1) is 18.3. The highest BCUT2D eigenvalue weighted by atomic mass is 32.2. The van der Waals surface area contributed by atoms with Crippen molar-refractivity contribution in [1.29, 1.82) is 0 Å². The van der Waals surface area contributed by atoms with Crippen LogP contribution in [0.4, 0.5) is 10.5 Å². The lowest BCUT2D eigenvalue weighted by atomic mass is 9.99. The molecular formula is C26H33N5O6S. The minimum Gasteiger partial charge on any atom is -0.459 e. The minimum absolute atomic E-state index is 0.112. The van der Waals surface area contributed by atoms with Gasteiger partial charge in [0.05, 0.1) is 18.0 Å². The summed E-state index contributed by atoms with van der Waals surface area (Å²) in [6.45, 7) is 4.03. The molecule has 12 heteroatoms. The lowest BCUT2D eigenvalue weighted by Gasteiger charge is -2.38. The monoisotopic (exact) mass is 543 g/mol. The number of aliphatic hydroxyl groups excluding tert-OH is 4. The average molecular weight is 544 g/mol. The van der Waals surface area contributed by atoms with Crippen molar-refractivity contribution < 1.29 is 30.0 Å². The number of H-pyrrole nitrogens is 1. The van der Waals surface area contributed by atoms with E-state index in [-0.39, 0.29) is 24.4 Å². The van der Waals surface area contributed by atoms with Crippen LogP contribution in [0.25, 0.3) is 0 Å². The predicted octanol–water partition coefficient (Wildman–Crippen LogP) is 1.74. The lowest BCUT2D eigenvalue weighted by Crippen LogP contribution is -2.55. The third-order valence-corrected chi connectivity index (χ3v) is 7.70. The smallest absolute Gasteiger partial charge is 0.319 e. The van der Waals surface area contributed by atoms with E-state index in [0.29, 0.717) is 18.7 Å². The Hall–Kier alpha value is -3.16. The molecular weight excluding hydrogens is 510 g/mol. The number of nitrogens with zero attached hydrogens (tertiary/aromatic N) is 2. The van der Waals surface area contributed by atoms with E-state index in [2.05, 4.69) is 25.8 Å². The topological polar surface area (TPSA) is 173 Å². The number of aliphatic hydroxyl groups is 4. The molecule has 3 aromatic rings. The highest BCUT2D eigenvalue weighted by Gasteiger charge is 2.44. The van der Waals surface area contributed by atoms with Gasteiger partial charge in [-0.3, -0.25) is 10.1 Å². The number of hydrogen-bond donors (Lipinski definition) is 7. The van der Waals surface area contributed by atoms with E-state index >= 15 is 0 Å². The van der Waals surface area contributed by atoms with E-state index in [4.69, 9.17) is 4.74 Å². The fraction of sp³-hybridized carbons (Fsp3) is 0.423. The molecule has 1 saturated heterocycles. The Kier molecular flexibility index (Phi) is 9.23. The summed E-state index contributed by atoms with van der Waals surface area (Å²) < 4.78 is 6.01. The zero-order valence-corrected chi connectivity index (χ0v) is 21.9. The Morgan fingerprint density at radius 2 is 1.87 bits per heavy atom. The van der Waals surface area contributed by atoms with Gasteiger partial charge >= 0.3 is 6.03 Å². The molecule has 0 bridgehead atoms. The van der Waals surface area contributed by atoms with Gasteiger partial charge in [0.2, 0.25) is 5.88 Å². The van der Waals surface area contributed by atoms with Crippen LogP contribution in [0.1, 0.15) is 42.1 Å². The Morgan fingerprint density at radius 3 is 2.53 bits per heavy atom. The maximum absolute atomic E-state index is 12.3. The molecule has 1 aliphatic heterocycles. The summed E-state index contributed by atoms with van der Waals surface area (Å²) >= 11 is 1.05. The van der Waals surface area contributed by atoms with Crippen molar-refractivity contribution in [3.8, 4) is 5.88 Å². The molecule has 1 fully saturated rings. The average Bonchev–Trinajstić information content (AvgIpc) is 3.31. The van der Waals surface area contributed by atoms with Crippen LogP contribution in [0.15, 0.2) is 48.8 Å². The fourth-order valence-electron chi connectivity index (χ4n) is 4.15. The van der Waals surface area contributed by atoms with E-state index < -0.39 is 29.0 Å². The number of carbonyl (C=O) groups is 1. The van der Waals surface area contributed by atoms with Crippen molar-refractivity contribution in [3.63, 3.8) is 0 Å². The number of carbonyl (C=O) groups excluding carboxylic acids is 1. The molecule has 2 aromatic heterocycles. The first-order valence-electron chi connectivity index (χ1n) is 12.3. The van der Waals surface area contributed by atoms with Crippen LogP contribution in [0.2, 0.25) is 0 Å². The SMILES string of the molecule is CC(C)c1[nH]nc(O[C@@H]2S[C@H](CO)[C@@H](O)[C@H](O)[C@H]2O)c1Cc1ccc(NC(=O)NCc2cccnc2)cc1. The number of hydrogen-bond acceptors (Lipinski definition) is 9. The highest BCUT2D eigenvalue weighted by Crippen LogP contribution is 2.36. The lowest BCUT2D eigenvalue weighted by molar-refractivity contribution is -0.0915. The molecule has 3 heterocycles. The molecule has 4 rings (SSSR count). The summed E-state index contributed by atoms with van der Waals surface area (Å²) in [5.74, 6) is 0.392. The molecule has 38 heavy (non-hydrogen) atoms. The largest absolute Gasteiger partial charge is 0.459 e. The quantitative estimate of drug-likeness (QED) is 0.212. The number of rotatable bonds is 9. The van der Waals surface area contributed by atoms with Crippen molar-refractivity contribution in [2.45, 2.75) is 61.7 Å². The fourth-order valence-corrected chi connectivity index (χ4v) is 5.37. The molecule has 11 nitrogen and oxygen atoms in total. The zero-order chi connectivity index (χ0) is 27.2. The van der Waals surface area contributed by atoms with Crippen LogP contribution in [-0.2, 0) is 13.0 Å². The molecule has 5 atom stereocenters. The zero-order valence-electron chi connectivity index (χ0n) is 21.1. The van der Waals surface area contributed by atoms with Gasteiger partial charge in [-0.2, -0.15) is 0 Å². The van der Waals surface area contributed by atoms with Gasteiger partial charge in [-0.25, -0.2) is 4.79 Å². The van der Waals surface area contributed by atoms with Crippen molar-refractivity contribution in [1.82, 2.24) is 20.5 Å². The molecule has 0 unspecified atom stereocenters. The number of pyridine rings is 1. The molecule has 0 saturated carbocycles. The van der Waals surface area contributed by atoms with Gasteiger partial charge in [-0.15, -0.1) is 16.9 Å². The van der Waals surface area contributed by atoms with E-state index in [1.807, 2.05) is 38.1 Å². The molecule has 0 spiro atoms. The maximum Gasteiger partial charge on any atom is 0.319 e. The van der Waals surface area contributed by atoms with Crippen molar-refractivity contribution in [2.75, 3.05) is 11.9 Å². The number of ether oxygens (including phenoxy) is 1. The number of amides is 2. The third kappa shape index (κ3) is 6.63. The number of aromatic amines is 1. The van der Waals surface area contributed by atoms with Gasteiger partial charge in [0.25, 0.3) is 0 Å². The first kappa shape index (κ1) is 27.9. The summed E-state index contributed by atoms with van der Waals surface area (Å²) in [7, 11) is 0. The summed E-state index contributed by atoms with van der Waals surface area (Å²) in [4.78, 5) is 16.3. The number of thioether (sulfide) groups is 1. The molecule has 1 aliphatic rings. The van der Waals surface area contributed by atoms with Crippen LogP contribution >= 0.6 is 11.8 Å². The summed E-state index contributed by atoms with van der Waals surface area (Å²) in [6, 6.07) is 10.8. The number of urea groups is 1. The Bertz CT molecular complexity index is 1190. The first-order valence-corrected chi connectivity index (χ1v) is 13.3. The summed E-state index contributed by atoms with van der Waals surface area (Å²) in [6.07, 6.45) is -0.248. The molecule has 1 aromatic carbocycles. The number of benzene rings is 1. The van der Waals surface area contributed by atoms with E-state index in [1.54, 1.807) is 24.5 Å². The van der Waals surface area contributed by atoms with Crippen molar-refractivity contribution in [3.05, 3.63) is 71.2 Å². The Labute approximate surface area is 224 Å². The second-order valence-corrected chi connectivity index (χ2v) is 10.8. The summed E-state index contributed by atoms with van der Waals surface area (Å²) in [5.41, 5.74) is 3.21. The Morgan fingerprint density at radius 1 is 1.11 bits per heavy atom. The second kappa shape index (κ2) is 12.6.